The van der Waals surface area contributed by atoms with Gasteiger partial charge in [-0.25, -0.2) is 0 Å². The molecule has 0 aliphatic heterocycles. The minimum Gasteiger partial charge on any atom is -0.411 e. The van der Waals surface area contributed by atoms with Crippen LogP contribution < -0.4 is 0 Å². The highest BCUT2D eigenvalue weighted by atomic mass is 35.5. The van der Waals surface area contributed by atoms with Crippen LogP contribution >= 0.6 is 11.6 Å². The van der Waals surface area contributed by atoms with Crippen LogP contribution in [0.25, 0.3) is 0 Å². The monoisotopic (exact) mass is 255 g/mol. The Morgan fingerprint density at radius 3 is 2.56 bits per heavy atom. The highest BCUT2D eigenvalue weighted by molar-refractivity contribution is 6.30. The fourth-order valence-corrected chi connectivity index (χ4v) is 1.64. The van der Waals surface area contributed by atoms with Gasteiger partial charge in [-0.05, 0) is 24.3 Å². The summed E-state index contributed by atoms with van der Waals surface area (Å²) < 4.78 is 0. The SMILES string of the molecule is O/N=C/c1ccc(Cl)cc1C#Cc1ccccc1. The van der Waals surface area contributed by atoms with Crippen LogP contribution in [0.1, 0.15) is 16.7 Å². The molecule has 0 amide bonds. The topological polar surface area (TPSA) is 32.6 Å². The van der Waals surface area contributed by atoms with Gasteiger partial charge in [0.1, 0.15) is 0 Å². The summed E-state index contributed by atoms with van der Waals surface area (Å²) in [6.07, 6.45) is 1.34. The summed E-state index contributed by atoms with van der Waals surface area (Å²) >= 11 is 5.92. The van der Waals surface area contributed by atoms with E-state index in [0.717, 1.165) is 16.7 Å². The molecule has 0 unspecified atom stereocenters. The molecule has 2 aromatic rings. The molecule has 1 N–H and O–H groups in total. The Kier molecular flexibility index (Phi) is 4.01. The molecule has 0 aliphatic rings. The van der Waals surface area contributed by atoms with Crippen LogP contribution in [-0.2, 0) is 0 Å². The first-order valence-corrected chi connectivity index (χ1v) is 5.71. The van der Waals surface area contributed by atoms with Gasteiger partial charge in [0.25, 0.3) is 0 Å². The Morgan fingerprint density at radius 2 is 1.83 bits per heavy atom. The van der Waals surface area contributed by atoms with E-state index in [-0.39, 0.29) is 0 Å². The van der Waals surface area contributed by atoms with Crippen molar-refractivity contribution in [3.63, 3.8) is 0 Å². The molecule has 0 atom stereocenters. The molecule has 0 saturated heterocycles. The zero-order valence-electron chi connectivity index (χ0n) is 9.47. The zero-order valence-corrected chi connectivity index (χ0v) is 10.2. The third-order valence-corrected chi connectivity index (χ3v) is 2.56. The zero-order chi connectivity index (χ0) is 12.8. The molecule has 2 nitrogen and oxygen atoms in total. The fourth-order valence-electron chi connectivity index (χ4n) is 1.47. The fraction of sp³-hybridized carbons (Fsp3) is 0. The van der Waals surface area contributed by atoms with E-state index < -0.39 is 0 Å². The Morgan fingerprint density at radius 1 is 1.06 bits per heavy atom. The molecule has 0 bridgehead atoms. The summed E-state index contributed by atoms with van der Waals surface area (Å²) in [7, 11) is 0. The number of benzene rings is 2. The second-order valence-corrected chi connectivity index (χ2v) is 4.03. The maximum atomic E-state index is 8.59. The van der Waals surface area contributed by atoms with Gasteiger partial charge in [0.05, 0.1) is 6.21 Å². The molecule has 0 radical (unpaired) electrons. The molecule has 2 aromatic carbocycles. The minimum absolute atomic E-state index is 0.599. The van der Waals surface area contributed by atoms with Gasteiger partial charge >= 0.3 is 0 Å². The third kappa shape index (κ3) is 3.13. The highest BCUT2D eigenvalue weighted by Crippen LogP contribution is 2.14. The lowest BCUT2D eigenvalue weighted by molar-refractivity contribution is 0.322. The molecule has 0 fully saturated rings. The van der Waals surface area contributed by atoms with Crippen LogP contribution in [0.3, 0.4) is 0 Å². The quantitative estimate of drug-likeness (QED) is 0.359. The molecular weight excluding hydrogens is 246 g/mol. The van der Waals surface area contributed by atoms with Crippen molar-refractivity contribution in [1.29, 1.82) is 0 Å². The Bertz CT molecular complexity index is 624. The summed E-state index contributed by atoms with van der Waals surface area (Å²) in [4.78, 5) is 0. The lowest BCUT2D eigenvalue weighted by Crippen LogP contribution is -1.88. The first kappa shape index (κ1) is 12.2. The van der Waals surface area contributed by atoms with Crippen molar-refractivity contribution in [2.45, 2.75) is 0 Å². The predicted octanol–water partition coefficient (Wildman–Crippen LogP) is 3.55. The van der Waals surface area contributed by atoms with Crippen LogP contribution in [0.5, 0.6) is 0 Å². The maximum Gasteiger partial charge on any atom is 0.0746 e. The molecule has 88 valence electrons. The van der Waals surface area contributed by atoms with Crippen LogP contribution in [0.2, 0.25) is 5.02 Å². The van der Waals surface area contributed by atoms with Gasteiger partial charge in [-0.3, -0.25) is 0 Å². The summed E-state index contributed by atoms with van der Waals surface area (Å²) in [5, 5.41) is 12.2. The molecule has 2 rings (SSSR count). The minimum atomic E-state index is 0.599. The average Bonchev–Trinajstić information content (AvgIpc) is 2.40. The lowest BCUT2D eigenvalue weighted by atomic mass is 10.1. The molecule has 0 heterocycles. The lowest BCUT2D eigenvalue weighted by Gasteiger charge is -1.98. The number of nitrogens with zero attached hydrogens (tertiary/aromatic N) is 1. The van der Waals surface area contributed by atoms with Gasteiger partial charge in [0.2, 0.25) is 0 Å². The molecule has 0 aliphatic carbocycles. The summed E-state index contributed by atoms with van der Waals surface area (Å²) in [5.41, 5.74) is 2.37. The third-order valence-electron chi connectivity index (χ3n) is 2.33. The van der Waals surface area contributed by atoms with E-state index >= 15 is 0 Å². The van der Waals surface area contributed by atoms with Crippen LogP contribution in [0.4, 0.5) is 0 Å². The normalized spacial score (nSPS) is 10.1. The van der Waals surface area contributed by atoms with E-state index in [1.54, 1.807) is 18.2 Å². The van der Waals surface area contributed by atoms with E-state index in [4.69, 9.17) is 16.8 Å². The van der Waals surface area contributed by atoms with Gasteiger partial charge in [-0.15, -0.1) is 0 Å². The largest absolute Gasteiger partial charge is 0.411 e. The molecule has 18 heavy (non-hydrogen) atoms. The maximum absolute atomic E-state index is 8.59. The number of hydrogen-bond donors (Lipinski definition) is 1. The number of halogens is 1. The predicted molar refractivity (Wildman–Crippen MR) is 73.3 cm³/mol. The van der Waals surface area contributed by atoms with Crippen molar-refractivity contribution < 1.29 is 5.21 Å². The van der Waals surface area contributed by atoms with E-state index in [9.17, 15) is 0 Å². The number of oxime groups is 1. The smallest absolute Gasteiger partial charge is 0.0746 e. The van der Waals surface area contributed by atoms with Crippen molar-refractivity contribution in [3.05, 3.63) is 70.2 Å². The second-order valence-electron chi connectivity index (χ2n) is 3.59. The Balaban J connectivity index is 2.40. The van der Waals surface area contributed by atoms with E-state index in [2.05, 4.69) is 17.0 Å². The summed E-state index contributed by atoms with van der Waals surface area (Å²) in [6.45, 7) is 0. The Labute approximate surface area is 111 Å². The molecule has 0 spiro atoms. The molecule has 0 aromatic heterocycles. The Hall–Kier alpha value is -2.24. The van der Waals surface area contributed by atoms with Crippen molar-refractivity contribution in [2.75, 3.05) is 0 Å². The molecule has 3 heteroatoms. The number of rotatable bonds is 1. The van der Waals surface area contributed by atoms with Crippen LogP contribution in [-0.4, -0.2) is 11.4 Å². The van der Waals surface area contributed by atoms with Gasteiger partial charge in [-0.1, -0.05) is 52.9 Å². The van der Waals surface area contributed by atoms with E-state index in [1.165, 1.54) is 6.21 Å². The highest BCUT2D eigenvalue weighted by Gasteiger charge is 1.98. The van der Waals surface area contributed by atoms with Crippen molar-refractivity contribution in [3.8, 4) is 11.8 Å². The summed E-state index contributed by atoms with van der Waals surface area (Å²) in [6, 6.07) is 14.9. The van der Waals surface area contributed by atoms with E-state index in [1.807, 2.05) is 30.3 Å². The van der Waals surface area contributed by atoms with Gasteiger partial charge < -0.3 is 5.21 Å². The second kappa shape index (κ2) is 5.90. The van der Waals surface area contributed by atoms with Crippen LogP contribution in [0, 0.1) is 11.8 Å². The first-order valence-electron chi connectivity index (χ1n) is 5.33. The van der Waals surface area contributed by atoms with Gasteiger partial charge in [0, 0.05) is 21.7 Å². The van der Waals surface area contributed by atoms with Crippen molar-refractivity contribution in [2.24, 2.45) is 5.16 Å². The van der Waals surface area contributed by atoms with Crippen molar-refractivity contribution in [1.82, 2.24) is 0 Å². The first-order chi connectivity index (χ1) is 8.79. The van der Waals surface area contributed by atoms with Gasteiger partial charge in [0.15, 0.2) is 0 Å². The average molecular weight is 256 g/mol. The van der Waals surface area contributed by atoms with Gasteiger partial charge in [-0.2, -0.15) is 0 Å². The van der Waals surface area contributed by atoms with Crippen LogP contribution in [0.15, 0.2) is 53.7 Å². The van der Waals surface area contributed by atoms with Crippen molar-refractivity contribution >= 4 is 17.8 Å². The molecular formula is C15H10ClNO. The molecule has 0 saturated carbocycles. The standard InChI is InChI=1S/C15H10ClNO/c16-15-9-8-14(11-17-18)13(10-15)7-6-12-4-2-1-3-5-12/h1-5,8-11,18H/b17-11+. The van der Waals surface area contributed by atoms with E-state index in [0.29, 0.717) is 5.02 Å². The summed E-state index contributed by atoms with van der Waals surface area (Å²) in [5.74, 6) is 6.05. The number of hydrogen-bond acceptors (Lipinski definition) is 2.